The summed E-state index contributed by atoms with van der Waals surface area (Å²) < 4.78 is 2.47. The molecule has 0 spiro atoms. The monoisotopic (exact) mass is 297 g/mol. The van der Waals surface area contributed by atoms with Crippen LogP contribution in [0.2, 0.25) is 0 Å². The van der Waals surface area contributed by atoms with Crippen LogP contribution in [0.15, 0.2) is 42.5 Å². The van der Waals surface area contributed by atoms with Crippen LogP contribution in [-0.2, 0) is 0 Å². The lowest BCUT2D eigenvalue weighted by Crippen LogP contribution is -2.01. The van der Waals surface area contributed by atoms with Gasteiger partial charge in [-0.3, -0.25) is 9.67 Å². The van der Waals surface area contributed by atoms with Crippen molar-refractivity contribution in [2.24, 2.45) is 0 Å². The van der Waals surface area contributed by atoms with Crippen LogP contribution in [0.5, 0.6) is 5.75 Å². The van der Waals surface area contributed by atoms with E-state index < -0.39 is 0 Å². The number of aromatic nitrogens is 3. The SMILES string of the molecule is Cc1cccc(-n2c(-c3ccc(O)cc3)n[nH]c2=S)c1C. The van der Waals surface area contributed by atoms with Gasteiger partial charge in [0.1, 0.15) is 5.75 Å². The van der Waals surface area contributed by atoms with Gasteiger partial charge < -0.3 is 5.11 Å². The Morgan fingerprint density at radius 2 is 1.81 bits per heavy atom. The van der Waals surface area contributed by atoms with E-state index in [1.807, 2.05) is 28.8 Å². The van der Waals surface area contributed by atoms with Crippen molar-refractivity contribution in [1.82, 2.24) is 14.8 Å². The Labute approximate surface area is 127 Å². The summed E-state index contributed by atoms with van der Waals surface area (Å²) in [4.78, 5) is 0. The summed E-state index contributed by atoms with van der Waals surface area (Å²) in [5.41, 5.74) is 4.26. The molecular weight excluding hydrogens is 282 g/mol. The van der Waals surface area contributed by atoms with Gasteiger partial charge in [-0.25, -0.2) is 0 Å². The number of hydrogen-bond acceptors (Lipinski definition) is 3. The molecule has 21 heavy (non-hydrogen) atoms. The molecule has 0 saturated heterocycles. The van der Waals surface area contributed by atoms with Gasteiger partial charge >= 0.3 is 0 Å². The van der Waals surface area contributed by atoms with Gasteiger partial charge in [-0.05, 0) is 67.5 Å². The summed E-state index contributed by atoms with van der Waals surface area (Å²) in [7, 11) is 0. The third-order valence-electron chi connectivity index (χ3n) is 3.61. The topological polar surface area (TPSA) is 53.8 Å². The van der Waals surface area contributed by atoms with E-state index in [1.165, 1.54) is 5.56 Å². The molecule has 0 fully saturated rings. The fourth-order valence-electron chi connectivity index (χ4n) is 2.30. The second-order valence-electron chi connectivity index (χ2n) is 4.95. The summed E-state index contributed by atoms with van der Waals surface area (Å²) in [6, 6.07) is 13.0. The molecule has 4 nitrogen and oxygen atoms in total. The Kier molecular flexibility index (Phi) is 3.35. The van der Waals surface area contributed by atoms with Gasteiger partial charge in [0.05, 0.1) is 5.69 Å². The molecule has 0 radical (unpaired) electrons. The maximum absolute atomic E-state index is 9.42. The van der Waals surface area contributed by atoms with Gasteiger partial charge in [0, 0.05) is 5.56 Å². The fraction of sp³-hybridized carbons (Fsp3) is 0.125. The Morgan fingerprint density at radius 3 is 2.52 bits per heavy atom. The standard InChI is InChI=1S/C16H15N3OS/c1-10-4-3-5-14(11(10)2)19-15(17-18-16(19)21)12-6-8-13(20)9-7-12/h3-9,20H,1-2H3,(H,18,21). The van der Waals surface area contributed by atoms with Crippen molar-refractivity contribution in [3.63, 3.8) is 0 Å². The zero-order valence-electron chi connectivity index (χ0n) is 11.8. The van der Waals surface area contributed by atoms with E-state index in [0.29, 0.717) is 4.77 Å². The summed E-state index contributed by atoms with van der Waals surface area (Å²) in [6.07, 6.45) is 0. The van der Waals surface area contributed by atoms with Crippen molar-refractivity contribution in [2.75, 3.05) is 0 Å². The van der Waals surface area contributed by atoms with Crippen molar-refractivity contribution in [1.29, 1.82) is 0 Å². The highest BCUT2D eigenvalue weighted by molar-refractivity contribution is 7.71. The van der Waals surface area contributed by atoms with Gasteiger partial charge in [0.25, 0.3) is 0 Å². The largest absolute Gasteiger partial charge is 0.508 e. The molecule has 0 atom stereocenters. The highest BCUT2D eigenvalue weighted by Gasteiger charge is 2.13. The van der Waals surface area contributed by atoms with Crippen LogP contribution < -0.4 is 0 Å². The minimum Gasteiger partial charge on any atom is -0.508 e. The molecule has 0 saturated carbocycles. The molecule has 0 aliphatic carbocycles. The van der Waals surface area contributed by atoms with Crippen molar-refractivity contribution in [3.8, 4) is 22.8 Å². The molecule has 2 aromatic carbocycles. The van der Waals surface area contributed by atoms with E-state index in [9.17, 15) is 5.11 Å². The van der Waals surface area contributed by atoms with Crippen molar-refractivity contribution >= 4 is 12.2 Å². The normalized spacial score (nSPS) is 10.8. The average molecular weight is 297 g/mol. The zero-order valence-corrected chi connectivity index (χ0v) is 12.6. The molecule has 1 aromatic heterocycles. The lowest BCUT2D eigenvalue weighted by atomic mass is 10.1. The first kappa shape index (κ1) is 13.6. The van der Waals surface area contributed by atoms with Gasteiger partial charge in [0.15, 0.2) is 10.6 Å². The summed E-state index contributed by atoms with van der Waals surface area (Å²) >= 11 is 5.38. The molecule has 0 aliphatic heterocycles. The molecule has 0 aliphatic rings. The van der Waals surface area contributed by atoms with E-state index in [1.54, 1.807) is 12.1 Å². The van der Waals surface area contributed by atoms with Crippen molar-refractivity contribution in [2.45, 2.75) is 13.8 Å². The molecule has 0 bridgehead atoms. The van der Waals surface area contributed by atoms with Gasteiger partial charge in [-0.1, -0.05) is 12.1 Å². The molecule has 1 heterocycles. The molecule has 106 valence electrons. The summed E-state index contributed by atoms with van der Waals surface area (Å²) in [5.74, 6) is 0.958. The van der Waals surface area contributed by atoms with Crippen molar-refractivity contribution in [3.05, 3.63) is 58.4 Å². The number of phenols is 1. The number of aromatic amines is 1. The minimum absolute atomic E-state index is 0.228. The quantitative estimate of drug-likeness (QED) is 0.705. The predicted octanol–water partition coefficient (Wildman–Crippen LogP) is 3.92. The van der Waals surface area contributed by atoms with Crippen LogP contribution in [0.3, 0.4) is 0 Å². The predicted molar refractivity (Wildman–Crippen MR) is 85.3 cm³/mol. The lowest BCUT2D eigenvalue weighted by molar-refractivity contribution is 0.475. The molecule has 5 heteroatoms. The van der Waals surface area contributed by atoms with Crippen LogP contribution in [-0.4, -0.2) is 19.9 Å². The van der Waals surface area contributed by atoms with Crippen LogP contribution in [0, 0.1) is 18.6 Å². The second kappa shape index (κ2) is 5.18. The number of nitrogens with one attached hydrogen (secondary N) is 1. The second-order valence-corrected chi connectivity index (χ2v) is 5.34. The van der Waals surface area contributed by atoms with E-state index in [2.05, 4.69) is 30.1 Å². The first-order valence-corrected chi connectivity index (χ1v) is 7.02. The number of hydrogen-bond donors (Lipinski definition) is 2. The molecular formula is C16H15N3OS. The van der Waals surface area contributed by atoms with Crippen molar-refractivity contribution < 1.29 is 5.11 Å². The first-order valence-electron chi connectivity index (χ1n) is 6.61. The zero-order chi connectivity index (χ0) is 15.0. The summed E-state index contributed by atoms with van der Waals surface area (Å²) in [5, 5.41) is 16.6. The van der Waals surface area contributed by atoms with Crippen LogP contribution >= 0.6 is 12.2 Å². The Hall–Kier alpha value is -2.40. The van der Waals surface area contributed by atoms with Gasteiger partial charge in [-0.2, -0.15) is 5.10 Å². The van der Waals surface area contributed by atoms with E-state index in [-0.39, 0.29) is 5.75 Å². The minimum atomic E-state index is 0.228. The number of H-pyrrole nitrogens is 1. The third kappa shape index (κ3) is 2.36. The average Bonchev–Trinajstić information content (AvgIpc) is 2.85. The Balaban J connectivity index is 2.25. The molecule has 0 amide bonds. The lowest BCUT2D eigenvalue weighted by Gasteiger charge is -2.12. The molecule has 3 aromatic rings. The third-order valence-corrected chi connectivity index (χ3v) is 3.89. The molecule has 3 rings (SSSR count). The molecule has 2 N–H and O–H groups in total. The number of aryl methyl sites for hydroxylation is 1. The van der Waals surface area contributed by atoms with Gasteiger partial charge in [0.2, 0.25) is 0 Å². The number of aromatic hydroxyl groups is 1. The Morgan fingerprint density at radius 1 is 1.10 bits per heavy atom. The van der Waals surface area contributed by atoms with E-state index in [0.717, 1.165) is 22.6 Å². The summed E-state index contributed by atoms with van der Waals surface area (Å²) in [6.45, 7) is 4.14. The first-order chi connectivity index (χ1) is 10.1. The highest BCUT2D eigenvalue weighted by atomic mass is 32.1. The van der Waals surface area contributed by atoms with E-state index in [4.69, 9.17) is 12.2 Å². The number of rotatable bonds is 2. The maximum atomic E-state index is 9.42. The molecule has 0 unspecified atom stereocenters. The van der Waals surface area contributed by atoms with Gasteiger partial charge in [-0.15, -0.1) is 0 Å². The van der Waals surface area contributed by atoms with Crippen LogP contribution in [0.25, 0.3) is 17.1 Å². The number of benzene rings is 2. The smallest absolute Gasteiger partial charge is 0.200 e. The van der Waals surface area contributed by atoms with E-state index >= 15 is 0 Å². The number of phenolic OH excluding ortho intramolecular Hbond substituents is 1. The highest BCUT2D eigenvalue weighted by Crippen LogP contribution is 2.26. The fourth-order valence-corrected chi connectivity index (χ4v) is 2.53. The maximum Gasteiger partial charge on any atom is 0.200 e. The number of nitrogens with zero attached hydrogens (tertiary/aromatic N) is 2. The van der Waals surface area contributed by atoms with Crippen LogP contribution in [0.1, 0.15) is 11.1 Å². The van der Waals surface area contributed by atoms with Crippen LogP contribution in [0.4, 0.5) is 0 Å². The Bertz CT molecular complexity index is 847.